The Morgan fingerprint density at radius 3 is 2.69 bits per heavy atom. The first-order chi connectivity index (χ1) is 7.42. The number of ether oxygens (including phenoxy) is 2. The molecule has 1 rings (SSSR count). The fourth-order valence-electron chi connectivity index (χ4n) is 1.70. The average molecular weight is 230 g/mol. The van der Waals surface area contributed by atoms with Crippen LogP contribution in [0.1, 0.15) is 20.8 Å². The molecule has 1 aliphatic rings. The van der Waals surface area contributed by atoms with Crippen LogP contribution < -0.4 is 10.6 Å². The number of carbonyl (C=O) groups excluding carboxylic acids is 1. The van der Waals surface area contributed by atoms with E-state index in [0.717, 1.165) is 13.1 Å². The van der Waals surface area contributed by atoms with Crippen molar-refractivity contribution in [2.45, 2.75) is 38.5 Å². The van der Waals surface area contributed by atoms with E-state index in [1.54, 1.807) is 7.11 Å². The van der Waals surface area contributed by atoms with Crippen molar-refractivity contribution < 1.29 is 14.3 Å². The highest BCUT2D eigenvalue weighted by atomic mass is 16.6. The fraction of sp³-hybridized carbons (Fsp3) is 0.909. The molecule has 16 heavy (non-hydrogen) atoms. The number of esters is 1. The summed E-state index contributed by atoms with van der Waals surface area (Å²) in [6.45, 7) is 7.45. The highest BCUT2D eigenvalue weighted by molar-refractivity contribution is 5.72. The molecular formula is C11H22N2O3. The second-order valence-corrected chi connectivity index (χ2v) is 5.01. The Hall–Kier alpha value is -0.650. The smallest absolute Gasteiger partial charge is 0.320 e. The molecule has 94 valence electrons. The molecule has 0 aromatic carbocycles. The SMILES string of the molecule is CO[C@H]1CNC[C@@H]1NCC(=O)OC(C)(C)C. The molecule has 0 aliphatic carbocycles. The number of hydrogen-bond acceptors (Lipinski definition) is 5. The van der Waals surface area contributed by atoms with Gasteiger partial charge < -0.3 is 20.1 Å². The molecule has 1 aliphatic heterocycles. The van der Waals surface area contributed by atoms with Crippen molar-refractivity contribution in [3.8, 4) is 0 Å². The zero-order valence-corrected chi connectivity index (χ0v) is 10.5. The van der Waals surface area contributed by atoms with Crippen molar-refractivity contribution in [2.75, 3.05) is 26.7 Å². The van der Waals surface area contributed by atoms with E-state index in [-0.39, 0.29) is 24.7 Å². The summed E-state index contributed by atoms with van der Waals surface area (Å²) in [4.78, 5) is 11.5. The van der Waals surface area contributed by atoms with Gasteiger partial charge in [0, 0.05) is 26.2 Å². The van der Waals surface area contributed by atoms with Crippen LogP contribution in [0.3, 0.4) is 0 Å². The maximum Gasteiger partial charge on any atom is 0.320 e. The van der Waals surface area contributed by atoms with E-state index in [1.807, 2.05) is 20.8 Å². The predicted octanol–water partition coefficient (Wildman–Crippen LogP) is -0.0955. The lowest BCUT2D eigenvalue weighted by Crippen LogP contribution is -2.43. The first-order valence-corrected chi connectivity index (χ1v) is 5.61. The van der Waals surface area contributed by atoms with E-state index >= 15 is 0 Å². The monoisotopic (exact) mass is 230 g/mol. The van der Waals surface area contributed by atoms with Crippen LogP contribution in [0.15, 0.2) is 0 Å². The topological polar surface area (TPSA) is 59.6 Å². The average Bonchev–Trinajstić information content (AvgIpc) is 2.59. The van der Waals surface area contributed by atoms with Gasteiger partial charge in [-0.3, -0.25) is 4.79 Å². The molecule has 0 aromatic rings. The normalized spacial score (nSPS) is 25.8. The maximum atomic E-state index is 11.5. The van der Waals surface area contributed by atoms with Gasteiger partial charge in [-0.15, -0.1) is 0 Å². The van der Waals surface area contributed by atoms with Gasteiger partial charge in [-0.25, -0.2) is 0 Å². The summed E-state index contributed by atoms with van der Waals surface area (Å²) in [6, 6.07) is 0.178. The lowest BCUT2D eigenvalue weighted by atomic mass is 10.2. The van der Waals surface area contributed by atoms with E-state index in [0.29, 0.717) is 0 Å². The van der Waals surface area contributed by atoms with Crippen LogP contribution in [0.25, 0.3) is 0 Å². The van der Waals surface area contributed by atoms with Gasteiger partial charge in [-0.2, -0.15) is 0 Å². The largest absolute Gasteiger partial charge is 0.459 e. The Morgan fingerprint density at radius 1 is 1.44 bits per heavy atom. The maximum absolute atomic E-state index is 11.5. The Morgan fingerprint density at radius 2 is 2.12 bits per heavy atom. The van der Waals surface area contributed by atoms with Gasteiger partial charge in [0.05, 0.1) is 12.6 Å². The quantitative estimate of drug-likeness (QED) is 0.661. The summed E-state index contributed by atoms with van der Waals surface area (Å²) in [7, 11) is 1.68. The molecule has 5 heteroatoms. The highest BCUT2D eigenvalue weighted by Gasteiger charge is 2.27. The van der Waals surface area contributed by atoms with Crippen LogP contribution in [0.5, 0.6) is 0 Å². The summed E-state index contributed by atoms with van der Waals surface area (Å²) in [5.74, 6) is -0.228. The minimum Gasteiger partial charge on any atom is -0.459 e. The van der Waals surface area contributed by atoms with E-state index < -0.39 is 5.60 Å². The Labute approximate surface area is 96.9 Å². The molecule has 0 amide bonds. The summed E-state index contributed by atoms with van der Waals surface area (Å²) < 4.78 is 10.5. The number of rotatable bonds is 4. The van der Waals surface area contributed by atoms with Crippen LogP contribution in [-0.2, 0) is 14.3 Å². The number of hydrogen-bond donors (Lipinski definition) is 2. The molecular weight excluding hydrogens is 208 g/mol. The minimum atomic E-state index is -0.423. The van der Waals surface area contributed by atoms with Crippen molar-refractivity contribution >= 4 is 5.97 Å². The fourth-order valence-corrected chi connectivity index (χ4v) is 1.70. The second-order valence-electron chi connectivity index (χ2n) is 5.01. The third-order valence-corrected chi connectivity index (χ3v) is 2.39. The molecule has 2 atom stereocenters. The van der Waals surface area contributed by atoms with E-state index in [2.05, 4.69) is 10.6 Å². The standard InChI is InChI=1S/C11H22N2O3/c1-11(2,3)16-10(14)7-13-8-5-12-6-9(8)15-4/h8-9,12-13H,5-7H2,1-4H3/t8-,9-/m0/s1. The predicted molar refractivity (Wildman–Crippen MR) is 61.3 cm³/mol. The summed E-state index contributed by atoms with van der Waals surface area (Å²) in [6.07, 6.45) is 0.127. The van der Waals surface area contributed by atoms with Crippen molar-refractivity contribution in [3.05, 3.63) is 0 Å². The Bertz CT molecular complexity index is 238. The van der Waals surface area contributed by atoms with Crippen molar-refractivity contribution in [3.63, 3.8) is 0 Å². The third-order valence-electron chi connectivity index (χ3n) is 2.39. The summed E-state index contributed by atoms with van der Waals surface area (Å²) in [5, 5.41) is 6.35. The van der Waals surface area contributed by atoms with Crippen molar-refractivity contribution in [1.29, 1.82) is 0 Å². The lowest BCUT2D eigenvalue weighted by molar-refractivity contribution is -0.153. The Balaban J connectivity index is 2.26. The zero-order chi connectivity index (χ0) is 12.2. The lowest BCUT2D eigenvalue weighted by Gasteiger charge is -2.22. The van der Waals surface area contributed by atoms with Crippen LogP contribution in [-0.4, -0.2) is 50.5 Å². The Kier molecular flexibility index (Phi) is 4.70. The first-order valence-electron chi connectivity index (χ1n) is 5.61. The van der Waals surface area contributed by atoms with Gasteiger partial charge >= 0.3 is 5.97 Å². The minimum absolute atomic E-state index is 0.127. The zero-order valence-electron chi connectivity index (χ0n) is 10.5. The third kappa shape index (κ3) is 4.47. The highest BCUT2D eigenvalue weighted by Crippen LogP contribution is 2.07. The van der Waals surface area contributed by atoms with E-state index in [1.165, 1.54) is 0 Å². The second kappa shape index (κ2) is 5.61. The van der Waals surface area contributed by atoms with Gasteiger partial charge in [0.2, 0.25) is 0 Å². The van der Waals surface area contributed by atoms with Crippen LogP contribution in [0, 0.1) is 0 Å². The molecule has 0 unspecified atom stereocenters. The van der Waals surface area contributed by atoms with Crippen molar-refractivity contribution in [1.82, 2.24) is 10.6 Å². The number of methoxy groups -OCH3 is 1. The molecule has 1 fully saturated rings. The van der Waals surface area contributed by atoms with Crippen molar-refractivity contribution in [2.24, 2.45) is 0 Å². The number of nitrogens with one attached hydrogen (secondary N) is 2. The van der Waals surface area contributed by atoms with Gasteiger partial charge in [0.15, 0.2) is 0 Å². The molecule has 2 N–H and O–H groups in total. The van der Waals surface area contributed by atoms with E-state index in [9.17, 15) is 4.79 Å². The molecule has 0 aromatic heterocycles. The van der Waals surface area contributed by atoms with Gasteiger partial charge in [-0.05, 0) is 20.8 Å². The van der Waals surface area contributed by atoms with Crippen LogP contribution >= 0.6 is 0 Å². The number of carbonyl (C=O) groups is 1. The molecule has 0 radical (unpaired) electrons. The molecule has 5 nitrogen and oxygen atoms in total. The summed E-state index contributed by atoms with van der Waals surface area (Å²) in [5.41, 5.74) is -0.423. The molecule has 1 saturated heterocycles. The molecule has 1 heterocycles. The van der Waals surface area contributed by atoms with Crippen LogP contribution in [0.4, 0.5) is 0 Å². The van der Waals surface area contributed by atoms with Crippen LogP contribution in [0.2, 0.25) is 0 Å². The van der Waals surface area contributed by atoms with E-state index in [4.69, 9.17) is 9.47 Å². The molecule has 0 bridgehead atoms. The summed E-state index contributed by atoms with van der Waals surface area (Å²) >= 11 is 0. The van der Waals surface area contributed by atoms with Gasteiger partial charge in [0.25, 0.3) is 0 Å². The molecule has 0 spiro atoms. The van der Waals surface area contributed by atoms with Gasteiger partial charge in [0.1, 0.15) is 5.60 Å². The first kappa shape index (κ1) is 13.4. The van der Waals surface area contributed by atoms with Gasteiger partial charge in [-0.1, -0.05) is 0 Å². The molecule has 0 saturated carbocycles.